The van der Waals surface area contributed by atoms with Crippen LogP contribution >= 0.6 is 47.8 Å². The van der Waals surface area contributed by atoms with E-state index in [1.54, 1.807) is 18.2 Å². The highest BCUT2D eigenvalue weighted by molar-refractivity contribution is 9.13. The van der Waals surface area contributed by atoms with Gasteiger partial charge in [0, 0.05) is 14.5 Å². The molecule has 10 heteroatoms. The van der Waals surface area contributed by atoms with Gasteiger partial charge in [-0.25, -0.2) is 5.43 Å². The van der Waals surface area contributed by atoms with Gasteiger partial charge in [-0.2, -0.15) is 5.10 Å². The van der Waals surface area contributed by atoms with Gasteiger partial charge >= 0.3 is 0 Å². The highest BCUT2D eigenvalue weighted by Gasteiger charge is 2.13. The van der Waals surface area contributed by atoms with Crippen LogP contribution in [0.15, 0.2) is 42.8 Å². The van der Waals surface area contributed by atoms with Crippen molar-refractivity contribution in [3.05, 3.63) is 43.2 Å². The third-order valence-corrected chi connectivity index (χ3v) is 5.72. The van der Waals surface area contributed by atoms with Gasteiger partial charge < -0.3 is 19.7 Å². The van der Waals surface area contributed by atoms with E-state index in [0.717, 1.165) is 4.47 Å². The zero-order valence-corrected chi connectivity index (χ0v) is 18.1. The van der Waals surface area contributed by atoms with Crippen molar-refractivity contribution in [1.82, 2.24) is 5.43 Å². The van der Waals surface area contributed by atoms with Crippen LogP contribution in [0.4, 0.5) is 0 Å². The van der Waals surface area contributed by atoms with E-state index in [-0.39, 0.29) is 22.6 Å². The number of rotatable bonds is 6. The molecule has 0 saturated heterocycles. The molecule has 1 amide bonds. The standard InChI is InChI=1S/C16H13Br3N2O5/c1-25-12-5-9(17)2-3-11(12)26-7-13(23)21-20-6-8-4-10(22)16(24)15(19)14(8)18/h2-6,22,24H,7H2,1H3,(H,21,23). The number of benzene rings is 2. The topological polar surface area (TPSA) is 100 Å². The van der Waals surface area contributed by atoms with Crippen LogP contribution in [-0.2, 0) is 4.79 Å². The van der Waals surface area contributed by atoms with Crippen molar-refractivity contribution in [3.63, 3.8) is 0 Å². The molecule has 138 valence electrons. The summed E-state index contributed by atoms with van der Waals surface area (Å²) < 4.78 is 12.1. The van der Waals surface area contributed by atoms with Crippen LogP contribution in [0, 0.1) is 0 Å². The average Bonchev–Trinajstić information content (AvgIpc) is 2.62. The molecule has 0 fully saturated rings. The minimum absolute atomic E-state index is 0.263. The summed E-state index contributed by atoms with van der Waals surface area (Å²) in [5, 5.41) is 23.0. The molecule has 0 bridgehead atoms. The van der Waals surface area contributed by atoms with Gasteiger partial charge in [-0.05, 0) is 56.1 Å². The Morgan fingerprint density at radius 2 is 1.92 bits per heavy atom. The molecule has 7 nitrogen and oxygen atoms in total. The predicted molar refractivity (Wildman–Crippen MR) is 107 cm³/mol. The number of halogens is 3. The summed E-state index contributed by atoms with van der Waals surface area (Å²) in [5.74, 6) is -0.188. The monoisotopic (exact) mass is 550 g/mol. The highest BCUT2D eigenvalue weighted by Crippen LogP contribution is 2.40. The van der Waals surface area contributed by atoms with Gasteiger partial charge in [0.2, 0.25) is 0 Å². The van der Waals surface area contributed by atoms with Crippen LogP contribution in [0.25, 0.3) is 0 Å². The molecule has 0 radical (unpaired) electrons. The fourth-order valence-electron chi connectivity index (χ4n) is 1.83. The first kappa shape index (κ1) is 20.5. The van der Waals surface area contributed by atoms with Gasteiger partial charge in [-0.1, -0.05) is 15.9 Å². The normalized spacial score (nSPS) is 10.8. The summed E-state index contributed by atoms with van der Waals surface area (Å²) in [4.78, 5) is 11.8. The van der Waals surface area contributed by atoms with E-state index in [4.69, 9.17) is 9.47 Å². The number of nitrogens with one attached hydrogen (secondary N) is 1. The number of carbonyl (C=O) groups is 1. The van der Waals surface area contributed by atoms with Gasteiger partial charge in [0.05, 0.1) is 17.8 Å². The number of hydrogen-bond donors (Lipinski definition) is 3. The first-order valence-electron chi connectivity index (χ1n) is 7.01. The van der Waals surface area contributed by atoms with E-state index in [9.17, 15) is 15.0 Å². The maximum absolute atomic E-state index is 11.8. The summed E-state index contributed by atoms with van der Waals surface area (Å²) in [6.45, 7) is -0.263. The van der Waals surface area contributed by atoms with Crippen molar-refractivity contribution in [2.45, 2.75) is 0 Å². The third-order valence-electron chi connectivity index (χ3n) is 3.07. The van der Waals surface area contributed by atoms with E-state index in [0.29, 0.717) is 21.5 Å². The van der Waals surface area contributed by atoms with Crippen molar-refractivity contribution in [2.24, 2.45) is 5.10 Å². The fraction of sp³-hybridized carbons (Fsp3) is 0.125. The lowest BCUT2D eigenvalue weighted by Crippen LogP contribution is -2.24. The Balaban J connectivity index is 1.96. The lowest BCUT2D eigenvalue weighted by atomic mass is 10.2. The molecule has 3 N–H and O–H groups in total. The molecule has 26 heavy (non-hydrogen) atoms. The second-order valence-electron chi connectivity index (χ2n) is 4.84. The third kappa shape index (κ3) is 5.12. The van der Waals surface area contributed by atoms with Crippen LogP contribution in [0.5, 0.6) is 23.0 Å². The minimum atomic E-state index is -0.482. The van der Waals surface area contributed by atoms with Gasteiger partial charge in [-0.3, -0.25) is 4.79 Å². The summed E-state index contributed by atoms with van der Waals surface area (Å²) >= 11 is 9.70. The number of phenolic OH excluding ortho intramolecular Hbond substituents is 2. The number of phenols is 2. The van der Waals surface area contributed by atoms with Gasteiger partial charge in [0.25, 0.3) is 5.91 Å². The number of ether oxygens (including phenoxy) is 2. The van der Waals surface area contributed by atoms with Crippen LogP contribution < -0.4 is 14.9 Å². The second-order valence-corrected chi connectivity index (χ2v) is 7.34. The Labute approximate surface area is 174 Å². The molecule has 0 aliphatic carbocycles. The maximum Gasteiger partial charge on any atom is 0.277 e. The summed E-state index contributed by atoms with van der Waals surface area (Å²) in [6.07, 6.45) is 1.31. The number of aromatic hydroxyl groups is 2. The maximum atomic E-state index is 11.8. The number of methoxy groups -OCH3 is 1. The van der Waals surface area contributed by atoms with Gasteiger partial charge in [-0.15, -0.1) is 0 Å². The summed E-state index contributed by atoms with van der Waals surface area (Å²) in [7, 11) is 1.50. The molecule has 2 aromatic rings. The van der Waals surface area contributed by atoms with Crippen molar-refractivity contribution in [1.29, 1.82) is 0 Å². The Morgan fingerprint density at radius 1 is 1.19 bits per heavy atom. The number of hydrogen-bond acceptors (Lipinski definition) is 6. The molecule has 0 aliphatic rings. The average molecular weight is 553 g/mol. The highest BCUT2D eigenvalue weighted by atomic mass is 79.9. The van der Waals surface area contributed by atoms with E-state index in [1.165, 1.54) is 19.4 Å². The van der Waals surface area contributed by atoms with E-state index < -0.39 is 5.91 Å². The molecule has 0 aliphatic heterocycles. The minimum Gasteiger partial charge on any atom is -0.504 e. The number of amides is 1. The Morgan fingerprint density at radius 3 is 2.62 bits per heavy atom. The van der Waals surface area contributed by atoms with E-state index in [2.05, 4.69) is 58.3 Å². The molecule has 0 heterocycles. The van der Waals surface area contributed by atoms with Crippen LogP contribution in [0.3, 0.4) is 0 Å². The van der Waals surface area contributed by atoms with Gasteiger partial charge in [0.1, 0.15) is 0 Å². The molecule has 0 unspecified atom stereocenters. The van der Waals surface area contributed by atoms with Crippen LogP contribution in [0.1, 0.15) is 5.56 Å². The van der Waals surface area contributed by atoms with Crippen LogP contribution in [-0.4, -0.2) is 36.1 Å². The molecule has 0 saturated carbocycles. The molecular formula is C16H13Br3N2O5. The quantitative estimate of drug-likeness (QED) is 0.286. The molecule has 2 rings (SSSR count). The molecule has 2 aromatic carbocycles. The second kappa shape index (κ2) is 9.24. The number of hydrazone groups is 1. The van der Waals surface area contributed by atoms with Crippen molar-refractivity contribution in [2.75, 3.05) is 13.7 Å². The number of carbonyl (C=O) groups excluding carboxylic acids is 1. The summed E-state index contributed by atoms with van der Waals surface area (Å²) in [5.41, 5.74) is 2.75. The largest absolute Gasteiger partial charge is 0.504 e. The molecule has 0 spiro atoms. The molecule has 0 aromatic heterocycles. The fourth-order valence-corrected chi connectivity index (χ4v) is 3.00. The zero-order chi connectivity index (χ0) is 19.3. The Kier molecular flexibility index (Phi) is 7.30. The number of nitrogens with zero attached hydrogens (tertiary/aromatic N) is 1. The Hall–Kier alpha value is -1.78. The molecular weight excluding hydrogens is 540 g/mol. The smallest absolute Gasteiger partial charge is 0.277 e. The predicted octanol–water partition coefficient (Wildman–Crippen LogP) is 3.92. The Bertz CT molecular complexity index is 858. The van der Waals surface area contributed by atoms with Crippen molar-refractivity contribution >= 4 is 59.9 Å². The lowest BCUT2D eigenvalue weighted by molar-refractivity contribution is -0.123. The molecule has 0 atom stereocenters. The summed E-state index contributed by atoms with van der Waals surface area (Å²) in [6, 6.07) is 6.45. The van der Waals surface area contributed by atoms with E-state index >= 15 is 0 Å². The lowest BCUT2D eigenvalue weighted by Gasteiger charge is -2.10. The van der Waals surface area contributed by atoms with Crippen molar-refractivity contribution < 1.29 is 24.5 Å². The SMILES string of the molecule is COc1cc(Br)ccc1OCC(=O)NN=Cc1cc(O)c(O)c(Br)c1Br. The first-order chi connectivity index (χ1) is 12.3. The van der Waals surface area contributed by atoms with E-state index in [1.807, 2.05) is 0 Å². The van der Waals surface area contributed by atoms with Crippen LogP contribution in [0.2, 0.25) is 0 Å². The van der Waals surface area contributed by atoms with Crippen molar-refractivity contribution in [3.8, 4) is 23.0 Å². The zero-order valence-electron chi connectivity index (χ0n) is 13.3. The first-order valence-corrected chi connectivity index (χ1v) is 9.39. The van der Waals surface area contributed by atoms with Gasteiger partial charge in [0.15, 0.2) is 29.6 Å².